The number of halogens is 3. The van der Waals surface area contributed by atoms with E-state index in [4.69, 9.17) is 0 Å². The first-order valence-corrected chi connectivity index (χ1v) is 8.51. The van der Waals surface area contributed by atoms with Gasteiger partial charge in [-0.3, -0.25) is 9.59 Å². The van der Waals surface area contributed by atoms with Gasteiger partial charge in [0.05, 0.1) is 12.1 Å². The summed E-state index contributed by atoms with van der Waals surface area (Å²) in [6, 6.07) is 5.88. The lowest BCUT2D eigenvalue weighted by molar-refractivity contribution is -0.137. The zero-order valence-electron chi connectivity index (χ0n) is 13.1. The van der Waals surface area contributed by atoms with Crippen molar-refractivity contribution in [2.75, 3.05) is 13.1 Å². The molecule has 1 aliphatic rings. The molecule has 4 nitrogen and oxygen atoms in total. The topological polar surface area (TPSA) is 49.4 Å². The molecule has 2 heterocycles. The number of hydrogen-bond acceptors (Lipinski definition) is 3. The number of nitrogens with zero attached hydrogens (tertiary/aromatic N) is 1. The third kappa shape index (κ3) is 4.01. The molecular formula is C17H15F3N2O2S. The van der Waals surface area contributed by atoms with Crippen LogP contribution < -0.4 is 5.32 Å². The molecule has 25 heavy (non-hydrogen) atoms. The SMILES string of the molecule is O=C(NCC(=O)N1CCc2sccc2C1)c1ccc(C(F)(F)F)cc1. The van der Waals surface area contributed by atoms with E-state index in [1.54, 1.807) is 16.2 Å². The largest absolute Gasteiger partial charge is 0.416 e. The number of fused-ring (bicyclic) bond motifs is 1. The van der Waals surface area contributed by atoms with Crippen molar-refractivity contribution in [1.82, 2.24) is 10.2 Å². The Morgan fingerprint density at radius 1 is 1.16 bits per heavy atom. The Balaban J connectivity index is 1.54. The fourth-order valence-corrected chi connectivity index (χ4v) is 3.53. The molecule has 8 heteroatoms. The highest BCUT2D eigenvalue weighted by Crippen LogP contribution is 2.29. The highest BCUT2D eigenvalue weighted by Gasteiger charge is 2.30. The van der Waals surface area contributed by atoms with Gasteiger partial charge in [-0.15, -0.1) is 11.3 Å². The van der Waals surface area contributed by atoms with Crippen molar-refractivity contribution in [1.29, 1.82) is 0 Å². The fraction of sp³-hybridized carbons (Fsp3) is 0.294. The Morgan fingerprint density at radius 2 is 1.88 bits per heavy atom. The van der Waals surface area contributed by atoms with Crippen LogP contribution in [0.3, 0.4) is 0 Å². The summed E-state index contributed by atoms with van der Waals surface area (Å²) in [7, 11) is 0. The molecule has 3 rings (SSSR count). The summed E-state index contributed by atoms with van der Waals surface area (Å²) < 4.78 is 37.5. The highest BCUT2D eigenvalue weighted by atomic mass is 32.1. The van der Waals surface area contributed by atoms with Gasteiger partial charge < -0.3 is 10.2 Å². The summed E-state index contributed by atoms with van der Waals surface area (Å²) in [4.78, 5) is 27.1. The van der Waals surface area contributed by atoms with Crippen LogP contribution in [0.25, 0.3) is 0 Å². The lowest BCUT2D eigenvalue weighted by atomic mass is 10.1. The first-order valence-electron chi connectivity index (χ1n) is 7.63. The van der Waals surface area contributed by atoms with Crippen LogP contribution in [0.15, 0.2) is 35.7 Å². The van der Waals surface area contributed by atoms with Crippen molar-refractivity contribution >= 4 is 23.2 Å². The fourth-order valence-electron chi connectivity index (χ4n) is 2.64. The second-order valence-corrected chi connectivity index (χ2v) is 6.69. The van der Waals surface area contributed by atoms with Crippen molar-refractivity contribution in [3.63, 3.8) is 0 Å². The van der Waals surface area contributed by atoms with E-state index in [0.29, 0.717) is 13.1 Å². The van der Waals surface area contributed by atoms with Gasteiger partial charge in [-0.2, -0.15) is 13.2 Å². The zero-order chi connectivity index (χ0) is 18.0. The van der Waals surface area contributed by atoms with Crippen LogP contribution in [0.4, 0.5) is 13.2 Å². The van der Waals surface area contributed by atoms with Crippen LogP contribution >= 0.6 is 11.3 Å². The minimum atomic E-state index is -4.44. The Hall–Kier alpha value is -2.35. The van der Waals surface area contributed by atoms with Crippen LogP contribution in [-0.2, 0) is 23.9 Å². The van der Waals surface area contributed by atoms with Gasteiger partial charge >= 0.3 is 6.18 Å². The second kappa shape index (κ2) is 6.87. The molecule has 2 aromatic rings. The normalized spacial score (nSPS) is 14.1. The van der Waals surface area contributed by atoms with Crippen LogP contribution in [0.5, 0.6) is 0 Å². The van der Waals surface area contributed by atoms with E-state index >= 15 is 0 Å². The van der Waals surface area contributed by atoms with Gasteiger partial charge in [-0.05, 0) is 47.7 Å². The molecule has 2 amide bonds. The lowest BCUT2D eigenvalue weighted by Gasteiger charge is -2.27. The van der Waals surface area contributed by atoms with Gasteiger partial charge in [0, 0.05) is 23.5 Å². The monoisotopic (exact) mass is 368 g/mol. The van der Waals surface area contributed by atoms with Gasteiger partial charge in [-0.1, -0.05) is 0 Å². The van der Waals surface area contributed by atoms with Crippen molar-refractivity contribution in [2.45, 2.75) is 19.1 Å². The molecule has 1 N–H and O–H groups in total. The molecule has 1 aliphatic heterocycles. The van der Waals surface area contributed by atoms with E-state index in [1.165, 1.54) is 4.88 Å². The number of rotatable bonds is 3. The quantitative estimate of drug-likeness (QED) is 0.905. The number of alkyl halides is 3. The van der Waals surface area contributed by atoms with Crippen LogP contribution in [0, 0.1) is 0 Å². The minimum Gasteiger partial charge on any atom is -0.343 e. The Bertz CT molecular complexity index is 784. The molecule has 0 radical (unpaired) electrons. The van der Waals surface area contributed by atoms with Crippen molar-refractivity contribution in [2.24, 2.45) is 0 Å². The molecule has 0 saturated carbocycles. The molecular weight excluding hydrogens is 353 g/mol. The zero-order valence-corrected chi connectivity index (χ0v) is 13.9. The maximum absolute atomic E-state index is 12.5. The standard InChI is InChI=1S/C17H15F3N2O2S/c18-17(19,20)13-3-1-11(2-4-13)16(24)21-9-15(23)22-7-5-14-12(10-22)6-8-25-14/h1-4,6,8H,5,7,9-10H2,(H,21,24). The van der Waals surface area contributed by atoms with Gasteiger partial charge in [0.15, 0.2) is 0 Å². The minimum absolute atomic E-state index is 0.0829. The van der Waals surface area contributed by atoms with E-state index in [1.807, 2.05) is 11.4 Å². The van der Waals surface area contributed by atoms with Crippen molar-refractivity contribution < 1.29 is 22.8 Å². The van der Waals surface area contributed by atoms with E-state index < -0.39 is 17.6 Å². The van der Waals surface area contributed by atoms with Gasteiger partial charge in [-0.25, -0.2) is 0 Å². The Labute approximate surface area is 146 Å². The van der Waals surface area contributed by atoms with Crippen molar-refractivity contribution in [3.8, 4) is 0 Å². The van der Waals surface area contributed by atoms with E-state index in [0.717, 1.165) is 36.2 Å². The predicted octanol–water partition coefficient (Wildman–Crippen LogP) is 3.08. The highest BCUT2D eigenvalue weighted by molar-refractivity contribution is 7.10. The Kier molecular flexibility index (Phi) is 4.80. The summed E-state index contributed by atoms with van der Waals surface area (Å²) in [6.45, 7) is 0.940. The van der Waals surface area contributed by atoms with Crippen molar-refractivity contribution in [3.05, 3.63) is 57.3 Å². The lowest BCUT2D eigenvalue weighted by Crippen LogP contribution is -2.42. The average Bonchev–Trinajstić information content (AvgIpc) is 3.06. The molecule has 1 aromatic heterocycles. The van der Waals surface area contributed by atoms with Crippen LogP contribution in [-0.4, -0.2) is 29.8 Å². The summed E-state index contributed by atoms with van der Waals surface area (Å²) in [5.41, 5.74) is 0.387. The number of carbonyl (C=O) groups is 2. The van der Waals surface area contributed by atoms with Gasteiger partial charge in [0.1, 0.15) is 0 Å². The summed E-state index contributed by atoms with van der Waals surface area (Å²) >= 11 is 1.67. The average molecular weight is 368 g/mol. The van der Waals surface area contributed by atoms with E-state index in [-0.39, 0.29) is 18.0 Å². The molecule has 132 valence electrons. The number of carbonyl (C=O) groups excluding carboxylic acids is 2. The number of hydrogen-bond donors (Lipinski definition) is 1. The maximum Gasteiger partial charge on any atom is 0.416 e. The number of amides is 2. The van der Waals surface area contributed by atoms with Crippen LogP contribution in [0.1, 0.15) is 26.4 Å². The number of nitrogens with one attached hydrogen (secondary N) is 1. The third-order valence-corrected chi connectivity index (χ3v) is 5.06. The molecule has 0 bridgehead atoms. The molecule has 0 aliphatic carbocycles. The molecule has 1 aromatic carbocycles. The molecule has 0 unspecified atom stereocenters. The predicted molar refractivity (Wildman–Crippen MR) is 87.2 cm³/mol. The number of benzene rings is 1. The molecule has 0 fully saturated rings. The second-order valence-electron chi connectivity index (χ2n) is 5.69. The first kappa shape index (κ1) is 17.5. The van der Waals surface area contributed by atoms with Crippen LogP contribution in [0.2, 0.25) is 0 Å². The maximum atomic E-state index is 12.5. The van der Waals surface area contributed by atoms with Gasteiger partial charge in [0.2, 0.25) is 5.91 Å². The first-order chi connectivity index (χ1) is 11.8. The summed E-state index contributed by atoms with van der Waals surface area (Å²) in [5.74, 6) is -0.785. The van der Waals surface area contributed by atoms with Gasteiger partial charge in [0.25, 0.3) is 5.91 Å². The smallest absolute Gasteiger partial charge is 0.343 e. The third-order valence-electron chi connectivity index (χ3n) is 4.03. The van der Waals surface area contributed by atoms with E-state index in [9.17, 15) is 22.8 Å². The molecule has 0 saturated heterocycles. The molecule has 0 spiro atoms. The van der Waals surface area contributed by atoms with E-state index in [2.05, 4.69) is 5.32 Å². The summed E-state index contributed by atoms with van der Waals surface area (Å²) in [5, 5.41) is 4.45. The Morgan fingerprint density at radius 3 is 2.56 bits per heavy atom. The molecule has 0 atom stereocenters. The number of thiophene rings is 1. The summed E-state index contributed by atoms with van der Waals surface area (Å²) in [6.07, 6.45) is -3.65.